The van der Waals surface area contributed by atoms with E-state index in [0.717, 1.165) is 16.7 Å². The van der Waals surface area contributed by atoms with E-state index >= 15 is 0 Å². The minimum Gasteiger partial charge on any atom is -0.503 e. The standard InChI is InChI=1S/C29H27NO3/c1-20(2)23-14-16-24(17-15-23)27-26(25(31)18-13-21-9-5-3-6-10-21)28(32)29(33)30(27)19-22-11-7-4-8-12-22/h3-18,20,27,32H,19H2,1-2H3. The Labute approximate surface area is 194 Å². The molecule has 1 aliphatic heterocycles. The number of hydrogen-bond acceptors (Lipinski definition) is 3. The van der Waals surface area contributed by atoms with Crippen LogP contribution in [0.3, 0.4) is 0 Å². The van der Waals surface area contributed by atoms with E-state index in [9.17, 15) is 14.7 Å². The fourth-order valence-electron chi connectivity index (χ4n) is 4.08. The highest BCUT2D eigenvalue weighted by Gasteiger charge is 2.42. The number of aliphatic hydroxyl groups is 1. The van der Waals surface area contributed by atoms with E-state index in [1.54, 1.807) is 11.0 Å². The van der Waals surface area contributed by atoms with Crippen LogP contribution < -0.4 is 0 Å². The Morgan fingerprint density at radius 1 is 0.939 bits per heavy atom. The molecule has 3 aromatic rings. The van der Waals surface area contributed by atoms with Crippen molar-refractivity contribution in [3.05, 3.63) is 125 Å². The first-order chi connectivity index (χ1) is 16.0. The van der Waals surface area contributed by atoms with Crippen LogP contribution in [0.15, 0.2) is 102 Å². The fourth-order valence-corrected chi connectivity index (χ4v) is 4.08. The van der Waals surface area contributed by atoms with Crippen molar-refractivity contribution < 1.29 is 14.7 Å². The predicted molar refractivity (Wildman–Crippen MR) is 130 cm³/mol. The van der Waals surface area contributed by atoms with Gasteiger partial charge in [-0.05, 0) is 34.2 Å². The lowest BCUT2D eigenvalue weighted by molar-refractivity contribution is -0.130. The summed E-state index contributed by atoms with van der Waals surface area (Å²) in [6.07, 6.45) is 3.13. The third-order valence-corrected chi connectivity index (χ3v) is 5.91. The van der Waals surface area contributed by atoms with E-state index in [2.05, 4.69) is 13.8 Å². The van der Waals surface area contributed by atoms with E-state index < -0.39 is 17.7 Å². The quantitative estimate of drug-likeness (QED) is 0.462. The number of ketones is 1. The minimum absolute atomic E-state index is 0.111. The Hall–Kier alpha value is -3.92. The van der Waals surface area contributed by atoms with Crippen molar-refractivity contribution >= 4 is 17.8 Å². The van der Waals surface area contributed by atoms with Gasteiger partial charge in [-0.15, -0.1) is 0 Å². The molecule has 1 amide bonds. The van der Waals surface area contributed by atoms with Crippen LogP contribution in [0.1, 0.15) is 48.1 Å². The van der Waals surface area contributed by atoms with Crippen molar-refractivity contribution in [1.82, 2.24) is 4.90 Å². The maximum atomic E-state index is 13.2. The first-order valence-electron chi connectivity index (χ1n) is 11.1. The van der Waals surface area contributed by atoms with Crippen molar-refractivity contribution in [3.63, 3.8) is 0 Å². The van der Waals surface area contributed by atoms with E-state index in [1.165, 1.54) is 11.6 Å². The van der Waals surface area contributed by atoms with Gasteiger partial charge in [0.15, 0.2) is 11.5 Å². The average molecular weight is 438 g/mol. The molecule has 0 saturated heterocycles. The van der Waals surface area contributed by atoms with Crippen molar-refractivity contribution in [2.24, 2.45) is 0 Å². The topological polar surface area (TPSA) is 57.6 Å². The van der Waals surface area contributed by atoms with Gasteiger partial charge in [-0.1, -0.05) is 105 Å². The fraction of sp³-hybridized carbons (Fsp3) is 0.172. The summed E-state index contributed by atoms with van der Waals surface area (Å²) in [6.45, 7) is 4.52. The summed E-state index contributed by atoms with van der Waals surface area (Å²) < 4.78 is 0. The van der Waals surface area contributed by atoms with E-state index in [4.69, 9.17) is 0 Å². The highest BCUT2D eigenvalue weighted by atomic mass is 16.3. The number of carbonyl (C=O) groups excluding carboxylic acids is 2. The van der Waals surface area contributed by atoms with Crippen LogP contribution >= 0.6 is 0 Å². The molecule has 0 saturated carbocycles. The van der Waals surface area contributed by atoms with Crippen molar-refractivity contribution in [3.8, 4) is 0 Å². The molecular weight excluding hydrogens is 410 g/mol. The molecule has 4 nitrogen and oxygen atoms in total. The van der Waals surface area contributed by atoms with Gasteiger partial charge in [-0.3, -0.25) is 9.59 Å². The largest absolute Gasteiger partial charge is 0.503 e. The number of benzene rings is 3. The van der Waals surface area contributed by atoms with Crippen LogP contribution in [0.2, 0.25) is 0 Å². The summed E-state index contributed by atoms with van der Waals surface area (Å²) in [5.41, 5.74) is 3.87. The zero-order valence-electron chi connectivity index (χ0n) is 18.8. The molecule has 3 aromatic carbocycles. The zero-order chi connectivity index (χ0) is 23.4. The predicted octanol–water partition coefficient (Wildman–Crippen LogP) is 5.99. The molecule has 0 spiro atoms. The number of hydrogen-bond donors (Lipinski definition) is 1. The van der Waals surface area contributed by atoms with Crippen molar-refractivity contribution in [2.45, 2.75) is 32.4 Å². The van der Waals surface area contributed by atoms with Gasteiger partial charge in [-0.2, -0.15) is 0 Å². The van der Waals surface area contributed by atoms with Gasteiger partial charge in [0.25, 0.3) is 5.91 Å². The number of allylic oxidation sites excluding steroid dienone is 1. The molecule has 1 heterocycles. The lowest BCUT2D eigenvalue weighted by Crippen LogP contribution is -2.30. The molecule has 4 rings (SSSR count). The molecule has 1 aliphatic rings. The van der Waals surface area contributed by atoms with Gasteiger partial charge in [0.05, 0.1) is 11.6 Å². The highest BCUT2D eigenvalue weighted by Crippen LogP contribution is 2.39. The molecular formula is C29H27NO3. The van der Waals surface area contributed by atoms with Crippen LogP contribution in [0.25, 0.3) is 6.08 Å². The summed E-state index contributed by atoms with van der Waals surface area (Å²) in [5, 5.41) is 10.8. The molecule has 1 unspecified atom stereocenters. The smallest absolute Gasteiger partial charge is 0.290 e. The molecule has 1 atom stereocenters. The number of carbonyl (C=O) groups is 2. The van der Waals surface area contributed by atoms with E-state index in [0.29, 0.717) is 12.5 Å². The normalized spacial score (nSPS) is 16.3. The molecule has 1 N–H and O–H groups in total. The Kier molecular flexibility index (Phi) is 6.55. The summed E-state index contributed by atoms with van der Waals surface area (Å²) in [7, 11) is 0. The number of aliphatic hydroxyl groups excluding tert-OH is 1. The number of rotatable bonds is 7. The van der Waals surface area contributed by atoms with Gasteiger partial charge in [0, 0.05) is 6.54 Å². The number of amides is 1. The van der Waals surface area contributed by atoms with Crippen LogP contribution in [0, 0.1) is 0 Å². The lowest BCUT2D eigenvalue weighted by Gasteiger charge is -2.27. The first-order valence-corrected chi connectivity index (χ1v) is 11.1. The van der Waals surface area contributed by atoms with Gasteiger partial charge in [0.2, 0.25) is 0 Å². The second-order valence-electron chi connectivity index (χ2n) is 8.51. The average Bonchev–Trinajstić information content (AvgIpc) is 3.09. The van der Waals surface area contributed by atoms with E-state index in [1.807, 2.05) is 84.9 Å². The summed E-state index contributed by atoms with van der Waals surface area (Å²) in [4.78, 5) is 27.9. The Morgan fingerprint density at radius 2 is 1.55 bits per heavy atom. The third kappa shape index (κ3) is 4.80. The SMILES string of the molecule is CC(C)c1ccc(C2C(C(=O)C=Cc3ccccc3)=C(O)C(=O)N2Cc2ccccc2)cc1. The van der Waals surface area contributed by atoms with E-state index in [-0.39, 0.29) is 11.4 Å². The molecule has 4 heteroatoms. The van der Waals surface area contributed by atoms with Crippen molar-refractivity contribution in [2.75, 3.05) is 0 Å². The maximum Gasteiger partial charge on any atom is 0.290 e. The number of nitrogens with zero attached hydrogens (tertiary/aromatic N) is 1. The third-order valence-electron chi connectivity index (χ3n) is 5.91. The minimum atomic E-state index is -0.660. The second-order valence-corrected chi connectivity index (χ2v) is 8.51. The van der Waals surface area contributed by atoms with Crippen molar-refractivity contribution in [1.29, 1.82) is 0 Å². The first kappa shape index (κ1) is 22.3. The highest BCUT2D eigenvalue weighted by molar-refractivity contribution is 6.14. The second kappa shape index (κ2) is 9.70. The lowest BCUT2D eigenvalue weighted by atomic mass is 9.93. The Balaban J connectivity index is 1.72. The van der Waals surface area contributed by atoms with Gasteiger partial charge in [-0.25, -0.2) is 0 Å². The zero-order valence-corrected chi connectivity index (χ0v) is 18.8. The molecule has 0 fully saturated rings. The molecule has 166 valence electrons. The Bertz CT molecular complexity index is 1190. The molecule has 0 aromatic heterocycles. The summed E-state index contributed by atoms with van der Waals surface area (Å²) in [5.74, 6) is -1.03. The van der Waals surface area contributed by atoms with Gasteiger partial charge >= 0.3 is 0 Å². The van der Waals surface area contributed by atoms with Crippen LogP contribution in [-0.2, 0) is 16.1 Å². The molecule has 33 heavy (non-hydrogen) atoms. The summed E-state index contributed by atoms with van der Waals surface area (Å²) >= 11 is 0. The van der Waals surface area contributed by atoms with Gasteiger partial charge in [0.1, 0.15) is 0 Å². The monoisotopic (exact) mass is 437 g/mol. The molecule has 0 radical (unpaired) electrons. The van der Waals surface area contributed by atoms with Crippen LogP contribution in [-0.4, -0.2) is 21.7 Å². The Morgan fingerprint density at radius 3 is 2.15 bits per heavy atom. The van der Waals surface area contributed by atoms with Crippen LogP contribution in [0.4, 0.5) is 0 Å². The summed E-state index contributed by atoms with van der Waals surface area (Å²) in [6, 6.07) is 26.3. The van der Waals surface area contributed by atoms with Crippen LogP contribution in [0.5, 0.6) is 0 Å². The maximum absolute atomic E-state index is 13.2. The van der Waals surface area contributed by atoms with Gasteiger partial charge < -0.3 is 10.0 Å². The molecule has 0 bridgehead atoms. The molecule has 0 aliphatic carbocycles.